The fourth-order valence-corrected chi connectivity index (χ4v) is 19.1. The maximum Gasteiger partial charge on any atom is 0.326 e. The van der Waals surface area contributed by atoms with E-state index < -0.39 is 173 Å². The second-order valence-electron chi connectivity index (χ2n) is 34.9. The molecule has 8 fully saturated rings. The number of hydrogen-bond donors (Lipinski definition) is 4. The van der Waals surface area contributed by atoms with Crippen LogP contribution in [-0.2, 0) is 80.7 Å². The number of ketones is 1. The molecule has 4 aliphatic heterocycles. The molecule has 0 unspecified atom stereocenters. The predicted octanol–water partition coefficient (Wildman–Crippen LogP) is 10.2. The molecule has 2 aromatic carbocycles. The average molecular weight is 1680 g/mol. The SMILES string of the molecule is C.COc1ccc2nc3c(nc2c1)O[C@H]1CN(C(=O)[C@H](C(C)(C)C)CC(=O)O[C@@H]2C[C@H]2CCCCC3)[C@H](C(=O)C[C@]2(C(=O)NS(=O)(=O)C3CC3)C[C@H]2C(F)F)[C@@H]1C.COc1ccc2nc3c(nc2c1)O[C@H]1CN(C(=O)[C@H](C(C)(C)C)CC(=O)O[C@@H]2C[C@H]2CCCCC3)[C@H](C(=O)O)[C@@H]1C.Cl.N[C@]1(C(=O)NS(=O)(=O)C2CC2)C[C@H]1C(F)F. The topological polar surface area (TPSA) is 389 Å². The Bertz CT molecular complexity index is 4570. The van der Waals surface area contributed by atoms with Crippen molar-refractivity contribution in [3.8, 4) is 23.3 Å². The number of sulfonamides is 2. The van der Waals surface area contributed by atoms with Crippen molar-refractivity contribution in [3.63, 3.8) is 0 Å². The van der Waals surface area contributed by atoms with E-state index in [-0.39, 0.29) is 88.5 Å². The van der Waals surface area contributed by atoms with E-state index in [1.54, 1.807) is 51.0 Å². The minimum atomic E-state index is -4.09. The number of halogens is 5. The highest BCUT2D eigenvalue weighted by Crippen LogP contribution is 2.60. The van der Waals surface area contributed by atoms with Gasteiger partial charge in [0.2, 0.25) is 62.4 Å². The molecule has 0 radical (unpaired) electrons. The van der Waals surface area contributed by atoms with Crippen LogP contribution in [0.15, 0.2) is 36.4 Å². The normalized spacial score (nSPS) is 30.5. The van der Waals surface area contributed by atoms with Crippen LogP contribution in [0.5, 0.6) is 23.3 Å². The van der Waals surface area contributed by atoms with Gasteiger partial charge >= 0.3 is 17.9 Å². The molecule has 6 aliphatic carbocycles. The Morgan fingerprint density at radius 1 is 0.583 bits per heavy atom. The van der Waals surface area contributed by atoms with E-state index >= 15 is 0 Å². The number of nitrogens with two attached hydrogens (primary N) is 1. The molecule has 14 rings (SSSR count). The Balaban J connectivity index is 0.000000206. The number of carbonyl (C=O) groups is 8. The van der Waals surface area contributed by atoms with Crippen molar-refractivity contribution >= 4 is 102 Å². The number of methoxy groups -OCH3 is 2. The van der Waals surface area contributed by atoms with Crippen LogP contribution in [0.25, 0.3) is 22.1 Å². The molecule has 0 spiro atoms. The van der Waals surface area contributed by atoms with Gasteiger partial charge in [-0.3, -0.25) is 43.0 Å². The van der Waals surface area contributed by atoms with Crippen molar-refractivity contribution in [3.05, 3.63) is 47.8 Å². The highest BCUT2D eigenvalue weighted by Gasteiger charge is 2.67. The Morgan fingerprint density at radius 2 is 1.00 bits per heavy atom. The number of ether oxygens (including phenoxy) is 6. The van der Waals surface area contributed by atoms with E-state index in [0.717, 1.165) is 75.4 Å². The monoisotopic (exact) mass is 1680 g/mol. The number of Topliss-reactive ketones (excluding diaryl/α,β-unsaturated/α-hetero) is 1. The van der Waals surface area contributed by atoms with Crippen LogP contribution in [0.2, 0.25) is 0 Å². The summed E-state index contributed by atoms with van der Waals surface area (Å²) in [7, 11) is -4.66. The number of aryl methyl sites for hydroxylation is 2. The molecule has 636 valence electrons. The number of nitrogens with zero attached hydrogens (tertiary/aromatic N) is 6. The Hall–Kier alpha value is -7.85. The molecule has 5 N–H and O–H groups in total. The number of aromatic nitrogens is 4. The van der Waals surface area contributed by atoms with Gasteiger partial charge in [0.1, 0.15) is 58.9 Å². The lowest BCUT2D eigenvalue weighted by molar-refractivity contribution is -0.157. The number of amides is 4. The maximum absolute atomic E-state index is 14.8. The maximum atomic E-state index is 14.8. The molecule has 35 heteroatoms. The first kappa shape index (κ1) is 89.5. The van der Waals surface area contributed by atoms with E-state index in [9.17, 15) is 77.9 Å². The van der Waals surface area contributed by atoms with Gasteiger partial charge in [-0.05, 0) is 137 Å². The van der Waals surface area contributed by atoms with E-state index in [4.69, 9.17) is 54.1 Å². The molecule has 4 aromatic rings. The third kappa shape index (κ3) is 20.5. The van der Waals surface area contributed by atoms with E-state index in [1.165, 1.54) is 9.80 Å². The Labute approximate surface area is 674 Å². The lowest BCUT2D eigenvalue weighted by Crippen LogP contribution is -2.50. The number of esters is 2. The molecule has 6 saturated carbocycles. The summed E-state index contributed by atoms with van der Waals surface area (Å²) in [4.78, 5) is 129. The van der Waals surface area contributed by atoms with E-state index in [0.29, 0.717) is 84.1 Å². The number of hydrogen-bond acceptors (Lipinski definition) is 23. The highest BCUT2D eigenvalue weighted by molar-refractivity contribution is 7.91. The zero-order valence-electron chi connectivity index (χ0n) is 65.9. The van der Waals surface area contributed by atoms with E-state index in [2.05, 4.69) is 0 Å². The fraction of sp³-hybridized carbons (Fsp3) is 0.700. The Kier molecular flexibility index (Phi) is 27.2. The summed E-state index contributed by atoms with van der Waals surface area (Å²) < 4.78 is 141. The van der Waals surface area contributed by atoms with Crippen LogP contribution >= 0.6 is 12.4 Å². The number of carboxylic acids is 1. The minimum Gasteiger partial charge on any atom is -0.497 e. The molecule has 6 heterocycles. The smallest absolute Gasteiger partial charge is 0.326 e. The van der Waals surface area contributed by atoms with Gasteiger partial charge in [0.15, 0.2) is 5.78 Å². The van der Waals surface area contributed by atoms with Gasteiger partial charge < -0.3 is 49.1 Å². The van der Waals surface area contributed by atoms with Crippen LogP contribution in [0.4, 0.5) is 17.6 Å². The second kappa shape index (κ2) is 35.0. The second-order valence-corrected chi connectivity index (χ2v) is 38.8. The van der Waals surface area contributed by atoms with E-state index in [1.807, 2.05) is 64.5 Å². The number of carbonyl (C=O) groups excluding carboxylic acids is 7. The highest BCUT2D eigenvalue weighted by atomic mass is 35.5. The summed E-state index contributed by atoms with van der Waals surface area (Å²) in [5, 5.41) is 8.86. The summed E-state index contributed by atoms with van der Waals surface area (Å²) in [6.45, 7) is 14.6. The minimum absolute atomic E-state index is 0. The van der Waals surface area contributed by atoms with Crippen LogP contribution < -0.4 is 34.1 Å². The predicted molar refractivity (Wildman–Crippen MR) is 415 cm³/mol. The lowest BCUT2D eigenvalue weighted by atomic mass is 9.77. The molecule has 28 nitrogen and oxygen atoms in total. The zero-order valence-corrected chi connectivity index (χ0v) is 68.4. The van der Waals surface area contributed by atoms with Gasteiger partial charge in [-0.2, -0.15) is 0 Å². The zero-order chi connectivity index (χ0) is 81.9. The number of aliphatic carboxylic acids is 1. The quantitative estimate of drug-likeness (QED) is 0.0673. The summed E-state index contributed by atoms with van der Waals surface area (Å²) in [6.07, 6.45) is 2.95. The van der Waals surface area contributed by atoms with Gasteiger partial charge in [0.25, 0.3) is 5.91 Å². The van der Waals surface area contributed by atoms with Crippen LogP contribution in [0, 0.1) is 63.6 Å². The Morgan fingerprint density at radius 3 is 1.38 bits per heavy atom. The van der Waals surface area contributed by atoms with Gasteiger partial charge in [-0.15, -0.1) is 12.4 Å². The molecule has 16 atom stereocenters. The molecule has 115 heavy (non-hydrogen) atoms. The number of fused-ring (bicyclic) bond motifs is 10. The van der Waals surface area contributed by atoms with Crippen molar-refractivity contribution in [2.24, 2.45) is 69.3 Å². The summed E-state index contributed by atoms with van der Waals surface area (Å²) >= 11 is 0. The third-order valence-electron chi connectivity index (χ3n) is 24.3. The fourth-order valence-electron chi connectivity index (χ4n) is 16.3. The molecule has 4 amide bonds. The number of alkyl halides is 4. The van der Waals surface area contributed by atoms with Crippen LogP contribution in [-0.4, -0.2) is 192 Å². The van der Waals surface area contributed by atoms with Crippen molar-refractivity contribution in [2.75, 3.05) is 27.3 Å². The van der Waals surface area contributed by atoms with Crippen molar-refractivity contribution in [1.82, 2.24) is 39.2 Å². The first-order chi connectivity index (χ1) is 53.1. The van der Waals surface area contributed by atoms with Gasteiger partial charge in [-0.25, -0.2) is 59.1 Å². The molecule has 2 aromatic heterocycles. The van der Waals surface area contributed by atoms with Crippen molar-refractivity contribution in [2.45, 2.75) is 263 Å². The van der Waals surface area contributed by atoms with Gasteiger partial charge in [0, 0.05) is 42.2 Å². The first-order valence-corrected chi connectivity index (χ1v) is 42.5. The standard InChI is InChI=1S/C40H52F2N4O9S.C31H41N3O7.C8H12F2N2O3S.CH4.ClH/c1-21-32-20-46(34(21)30(47)19-40(18-26(40)35(41)42)38(50)45-56(51,52)24-12-13-24)37(49)25(39(2,3)4)17-33(48)54-31-15-22(31)9-7-6-8-10-28-36(55-32)44-29-16-23(53-5)11-14-27(29)43-28;1-17-25-16-34(27(17)30(37)38)29(36)20(31(2,3)4)15-26(35)40-24-13-18(24)9-7-6-8-10-22-28(41-25)33-23-14-19(39-5)11-12-21(23)32-22;9-6(10)5-3-8(5,11)7(13)12-16(14,15)4-1-2-4;;/h11,14,16,21-22,24-26,31-32,34-35H,6-10,12-13,15,17-20H2,1-5H3,(H,45,50);11-12,14,17-18,20,24-25,27H,6-10,13,15-16H2,1-5H3,(H,37,38);4-6H,1-3,11H2,(H,12,13);1H4;1H/t21-,22-,25-,26+,31-,32+,34+,40-;17-,18-,20-,24-,25+,27+;5-,8+;;/m110../s1. The number of carboxylic acid groups (broad SMARTS) is 1. The summed E-state index contributed by atoms with van der Waals surface area (Å²) in [5.41, 5.74) is 4.22. The number of benzene rings is 2. The summed E-state index contributed by atoms with van der Waals surface area (Å²) in [5.74, 6) is -8.96. The average Bonchev–Trinajstić information content (AvgIpc) is 1.57. The molecule has 2 saturated heterocycles. The van der Waals surface area contributed by atoms with Crippen molar-refractivity contribution in [1.29, 1.82) is 0 Å². The lowest BCUT2D eigenvalue weighted by Gasteiger charge is -2.35. The molecular formula is C80H110ClF4N9O19S2. The van der Waals surface area contributed by atoms with Crippen LogP contribution in [0.3, 0.4) is 0 Å². The first-order valence-electron chi connectivity index (χ1n) is 39.4. The number of rotatable bonds is 14. The molecule has 10 aliphatic rings. The molecular weight excluding hydrogens is 1570 g/mol. The third-order valence-corrected chi connectivity index (χ3v) is 28.0. The molecule has 4 bridgehead atoms. The largest absolute Gasteiger partial charge is 0.497 e. The van der Waals surface area contributed by atoms with Gasteiger partial charge in [0.05, 0.1) is 96.0 Å². The summed E-state index contributed by atoms with van der Waals surface area (Å²) in [6, 6.07) is 8.51. The van der Waals surface area contributed by atoms with Crippen molar-refractivity contribution < 1.29 is 106 Å². The van der Waals surface area contributed by atoms with Gasteiger partial charge in [-0.1, -0.05) is 88.5 Å². The number of nitrogens with one attached hydrogen (secondary N) is 2. The van der Waals surface area contributed by atoms with Crippen LogP contribution in [0.1, 0.15) is 196 Å².